The van der Waals surface area contributed by atoms with Gasteiger partial charge in [-0.2, -0.15) is 0 Å². The van der Waals surface area contributed by atoms with Crippen LogP contribution in [0, 0.1) is 4.77 Å². The van der Waals surface area contributed by atoms with Gasteiger partial charge in [-0.3, -0.25) is 4.79 Å². The Labute approximate surface area is 80.7 Å². The van der Waals surface area contributed by atoms with Crippen LogP contribution in [-0.4, -0.2) is 21.9 Å². The summed E-state index contributed by atoms with van der Waals surface area (Å²) in [6.45, 7) is 0. The lowest BCUT2D eigenvalue weighted by Crippen LogP contribution is -2.39. The Morgan fingerprint density at radius 2 is 2.38 bits per heavy atom. The molecule has 1 aromatic heterocycles. The molecule has 1 aromatic rings. The second kappa shape index (κ2) is 3.33. The number of hydrogen-bond donors (Lipinski definition) is 3. The van der Waals surface area contributed by atoms with E-state index in [4.69, 9.17) is 12.2 Å². The fourth-order valence-corrected chi connectivity index (χ4v) is 1.44. The zero-order chi connectivity index (χ0) is 9.26. The van der Waals surface area contributed by atoms with E-state index in [1.165, 1.54) is 6.42 Å². The number of carbonyl (C=O) groups is 1. The van der Waals surface area contributed by atoms with E-state index in [2.05, 4.69) is 15.3 Å². The Balaban J connectivity index is 2.00. The molecule has 0 saturated heterocycles. The van der Waals surface area contributed by atoms with Crippen LogP contribution in [0.4, 0.5) is 0 Å². The van der Waals surface area contributed by atoms with Gasteiger partial charge in [-0.05, 0) is 31.5 Å². The molecule has 4 nitrogen and oxygen atoms in total. The molecular formula is C8H11N3OS. The van der Waals surface area contributed by atoms with Gasteiger partial charge in [-0.1, -0.05) is 0 Å². The highest BCUT2D eigenvalue weighted by Crippen LogP contribution is 2.18. The summed E-state index contributed by atoms with van der Waals surface area (Å²) in [5, 5.41) is 2.91. The quantitative estimate of drug-likeness (QED) is 0.627. The number of nitrogens with one attached hydrogen (secondary N) is 3. The summed E-state index contributed by atoms with van der Waals surface area (Å²) in [6, 6.07) is 0.365. The van der Waals surface area contributed by atoms with Crippen molar-refractivity contribution in [3.63, 3.8) is 0 Å². The fraction of sp³-hybridized carbons (Fsp3) is 0.500. The van der Waals surface area contributed by atoms with Crippen LogP contribution in [0.25, 0.3) is 0 Å². The molecule has 0 aromatic carbocycles. The lowest BCUT2D eigenvalue weighted by Gasteiger charge is -2.25. The van der Waals surface area contributed by atoms with Crippen LogP contribution in [-0.2, 0) is 0 Å². The van der Waals surface area contributed by atoms with Gasteiger partial charge in [0.05, 0.1) is 0 Å². The summed E-state index contributed by atoms with van der Waals surface area (Å²) in [4.78, 5) is 17.0. The summed E-state index contributed by atoms with van der Waals surface area (Å²) in [5.41, 5.74) is 0.511. The molecule has 0 radical (unpaired) electrons. The minimum absolute atomic E-state index is 0.0722. The predicted molar refractivity (Wildman–Crippen MR) is 51.1 cm³/mol. The average molecular weight is 197 g/mol. The molecule has 1 aliphatic rings. The van der Waals surface area contributed by atoms with Crippen molar-refractivity contribution < 1.29 is 4.79 Å². The summed E-state index contributed by atoms with van der Waals surface area (Å²) in [5.74, 6) is -0.0722. The lowest BCUT2D eigenvalue weighted by atomic mass is 9.93. The SMILES string of the molecule is O=C(NC1CCC1)c1c[nH]c(=S)[nH]1. The Bertz CT molecular complexity index is 363. The van der Waals surface area contributed by atoms with Gasteiger partial charge in [0.15, 0.2) is 4.77 Å². The highest BCUT2D eigenvalue weighted by Gasteiger charge is 2.20. The van der Waals surface area contributed by atoms with Gasteiger partial charge in [0.1, 0.15) is 5.69 Å². The first-order valence-corrected chi connectivity index (χ1v) is 4.75. The van der Waals surface area contributed by atoms with Crippen LogP contribution >= 0.6 is 12.2 Å². The van der Waals surface area contributed by atoms with Crippen LogP contribution in [0.1, 0.15) is 29.8 Å². The Kier molecular flexibility index (Phi) is 2.18. The summed E-state index contributed by atoms with van der Waals surface area (Å²) in [6.07, 6.45) is 5.00. The first-order valence-electron chi connectivity index (χ1n) is 4.34. The molecule has 70 valence electrons. The van der Waals surface area contributed by atoms with Crippen molar-refractivity contribution in [3.8, 4) is 0 Å². The number of carbonyl (C=O) groups excluding carboxylic acids is 1. The minimum Gasteiger partial charge on any atom is -0.348 e. The molecule has 0 bridgehead atoms. The van der Waals surface area contributed by atoms with Crippen molar-refractivity contribution in [3.05, 3.63) is 16.7 Å². The third-order valence-corrected chi connectivity index (χ3v) is 2.50. The highest BCUT2D eigenvalue weighted by molar-refractivity contribution is 7.71. The van der Waals surface area contributed by atoms with Gasteiger partial charge < -0.3 is 15.3 Å². The van der Waals surface area contributed by atoms with Crippen molar-refractivity contribution in [2.45, 2.75) is 25.3 Å². The molecule has 1 aliphatic carbocycles. The molecule has 0 atom stereocenters. The first-order chi connectivity index (χ1) is 6.25. The Morgan fingerprint density at radius 3 is 2.85 bits per heavy atom. The van der Waals surface area contributed by atoms with Crippen molar-refractivity contribution in [2.24, 2.45) is 0 Å². The van der Waals surface area contributed by atoms with Crippen LogP contribution in [0.2, 0.25) is 0 Å². The largest absolute Gasteiger partial charge is 0.348 e. The number of amides is 1. The topological polar surface area (TPSA) is 60.7 Å². The van der Waals surface area contributed by atoms with Gasteiger partial charge in [0.25, 0.3) is 5.91 Å². The average Bonchev–Trinajstić information content (AvgIpc) is 2.44. The molecule has 1 saturated carbocycles. The van der Waals surface area contributed by atoms with E-state index in [9.17, 15) is 4.79 Å². The van der Waals surface area contributed by atoms with Crippen LogP contribution in [0.3, 0.4) is 0 Å². The zero-order valence-electron chi connectivity index (χ0n) is 7.09. The van der Waals surface area contributed by atoms with Gasteiger partial charge >= 0.3 is 0 Å². The number of imidazole rings is 1. The minimum atomic E-state index is -0.0722. The molecule has 3 N–H and O–H groups in total. The molecular weight excluding hydrogens is 186 g/mol. The van der Waals surface area contributed by atoms with E-state index in [0.717, 1.165) is 12.8 Å². The highest BCUT2D eigenvalue weighted by atomic mass is 32.1. The zero-order valence-corrected chi connectivity index (χ0v) is 7.91. The molecule has 2 rings (SSSR count). The van der Waals surface area contributed by atoms with E-state index in [1.807, 2.05) is 0 Å². The van der Waals surface area contributed by atoms with Crippen molar-refractivity contribution in [2.75, 3.05) is 0 Å². The maximum atomic E-state index is 11.5. The summed E-state index contributed by atoms with van der Waals surface area (Å²) >= 11 is 4.82. The van der Waals surface area contributed by atoms with Gasteiger partial charge in [-0.15, -0.1) is 0 Å². The molecule has 1 fully saturated rings. The van der Waals surface area contributed by atoms with Gasteiger partial charge in [-0.25, -0.2) is 0 Å². The van der Waals surface area contributed by atoms with Crippen molar-refractivity contribution in [1.82, 2.24) is 15.3 Å². The Hall–Kier alpha value is -1.10. The predicted octanol–water partition coefficient (Wildman–Crippen LogP) is 1.35. The summed E-state index contributed by atoms with van der Waals surface area (Å²) in [7, 11) is 0. The van der Waals surface area contributed by atoms with Crippen molar-refractivity contribution in [1.29, 1.82) is 0 Å². The van der Waals surface area contributed by atoms with E-state index < -0.39 is 0 Å². The molecule has 5 heteroatoms. The van der Waals surface area contributed by atoms with E-state index in [0.29, 0.717) is 16.5 Å². The number of aromatic amines is 2. The van der Waals surface area contributed by atoms with Gasteiger partial charge in [0, 0.05) is 12.2 Å². The van der Waals surface area contributed by atoms with E-state index >= 15 is 0 Å². The second-order valence-electron chi connectivity index (χ2n) is 3.26. The number of aromatic nitrogens is 2. The molecule has 0 spiro atoms. The normalized spacial score (nSPS) is 16.6. The second-order valence-corrected chi connectivity index (χ2v) is 3.67. The van der Waals surface area contributed by atoms with Gasteiger partial charge in [0.2, 0.25) is 0 Å². The standard InChI is InChI=1S/C8H11N3OS/c12-7(10-5-2-1-3-5)6-4-9-8(13)11-6/h4-5H,1-3H2,(H,10,12)(H2,9,11,13). The van der Waals surface area contributed by atoms with E-state index in [-0.39, 0.29) is 5.91 Å². The molecule has 0 unspecified atom stereocenters. The smallest absolute Gasteiger partial charge is 0.269 e. The molecule has 1 amide bonds. The summed E-state index contributed by atoms with van der Waals surface area (Å²) < 4.78 is 0.485. The number of H-pyrrole nitrogens is 2. The lowest BCUT2D eigenvalue weighted by molar-refractivity contribution is 0.0912. The maximum Gasteiger partial charge on any atom is 0.269 e. The Morgan fingerprint density at radius 1 is 1.62 bits per heavy atom. The van der Waals surface area contributed by atoms with Crippen molar-refractivity contribution >= 4 is 18.1 Å². The van der Waals surface area contributed by atoms with Crippen LogP contribution in [0.5, 0.6) is 0 Å². The van der Waals surface area contributed by atoms with E-state index in [1.54, 1.807) is 6.20 Å². The maximum absolute atomic E-state index is 11.5. The molecule has 13 heavy (non-hydrogen) atoms. The first kappa shape index (κ1) is 8.50. The monoisotopic (exact) mass is 197 g/mol. The molecule has 0 aliphatic heterocycles. The third kappa shape index (κ3) is 1.80. The number of rotatable bonds is 2. The van der Waals surface area contributed by atoms with Crippen LogP contribution < -0.4 is 5.32 Å². The third-order valence-electron chi connectivity index (χ3n) is 2.28. The fourth-order valence-electron chi connectivity index (χ4n) is 1.27. The molecule has 1 heterocycles. The van der Waals surface area contributed by atoms with Crippen LogP contribution in [0.15, 0.2) is 6.20 Å². The number of hydrogen-bond acceptors (Lipinski definition) is 2.